The van der Waals surface area contributed by atoms with E-state index in [0.717, 1.165) is 25.7 Å². The first kappa shape index (κ1) is 14.3. The van der Waals surface area contributed by atoms with Gasteiger partial charge in [0.05, 0.1) is 10.4 Å². The number of hydrogen-bond acceptors (Lipinski definition) is 1. The predicted octanol–water partition coefficient (Wildman–Crippen LogP) is 6.78. The molecule has 2 aromatic carbocycles. The van der Waals surface area contributed by atoms with Crippen molar-refractivity contribution >= 4 is 60.6 Å². The molecule has 0 aliphatic rings. The first-order valence-electron chi connectivity index (χ1n) is 5.82. The second kappa shape index (κ2) is 5.64. The summed E-state index contributed by atoms with van der Waals surface area (Å²) in [5.74, 6) is -0.433. The highest BCUT2D eigenvalue weighted by Crippen LogP contribution is 2.40. The summed E-state index contributed by atoms with van der Waals surface area (Å²) in [7, 11) is 0. The highest BCUT2D eigenvalue weighted by molar-refractivity contribution is 9.10. The zero-order valence-corrected chi connectivity index (χ0v) is 14.0. The largest absolute Gasteiger partial charge is 0.205 e. The third-order valence-electron chi connectivity index (χ3n) is 3.09. The minimum atomic E-state index is -0.433. The molecule has 0 N–H and O–H groups in total. The summed E-state index contributed by atoms with van der Waals surface area (Å²) in [6, 6.07) is 10.6. The van der Waals surface area contributed by atoms with E-state index in [0.29, 0.717) is 0 Å². The Hall–Kier alpha value is -0.610. The Morgan fingerprint density at radius 1 is 1.20 bits per heavy atom. The number of halogens is 4. The normalized spacial score (nSPS) is 12.8. The Bertz CT molecular complexity index is 785. The minimum absolute atomic E-state index is 0.0915. The molecule has 3 rings (SSSR count). The summed E-state index contributed by atoms with van der Waals surface area (Å²) in [5.41, 5.74) is 1.80. The zero-order valence-electron chi connectivity index (χ0n) is 10.0. The fraction of sp³-hybridized carbons (Fsp3) is 0.0667. The van der Waals surface area contributed by atoms with Crippen molar-refractivity contribution in [3.63, 3.8) is 0 Å². The Balaban J connectivity index is 2.10. The van der Waals surface area contributed by atoms with Gasteiger partial charge in [-0.15, -0.1) is 22.9 Å². The van der Waals surface area contributed by atoms with E-state index in [1.54, 1.807) is 23.5 Å². The van der Waals surface area contributed by atoms with Gasteiger partial charge in [-0.05, 0) is 56.0 Å². The van der Waals surface area contributed by atoms with Crippen LogP contribution in [-0.4, -0.2) is 0 Å². The summed E-state index contributed by atoms with van der Waals surface area (Å²) in [5, 5.41) is 2.87. The molecule has 1 heterocycles. The summed E-state index contributed by atoms with van der Waals surface area (Å²) in [4.78, 5) is 0. The van der Waals surface area contributed by atoms with Crippen molar-refractivity contribution in [3.8, 4) is 0 Å². The molecule has 5 heteroatoms. The van der Waals surface area contributed by atoms with Crippen LogP contribution in [0.15, 0.2) is 46.3 Å². The molecular formula is C15H8BrCl2FS. The lowest BCUT2D eigenvalue weighted by Crippen LogP contribution is -1.93. The average Bonchev–Trinajstić information content (AvgIpc) is 2.86. The first-order chi connectivity index (χ1) is 9.58. The summed E-state index contributed by atoms with van der Waals surface area (Å²) in [6.45, 7) is 0. The number of fused-ring (bicyclic) bond motifs is 1. The van der Waals surface area contributed by atoms with Crippen molar-refractivity contribution in [2.75, 3.05) is 0 Å². The molecule has 3 aromatic rings. The highest BCUT2D eigenvalue weighted by Gasteiger charge is 2.17. The van der Waals surface area contributed by atoms with Gasteiger partial charge < -0.3 is 0 Å². The molecule has 0 aliphatic carbocycles. The number of thiophene rings is 1. The lowest BCUT2D eigenvalue weighted by molar-refractivity contribution is 0.627. The van der Waals surface area contributed by atoms with Crippen molar-refractivity contribution in [2.45, 2.75) is 5.38 Å². The Morgan fingerprint density at radius 2 is 2.00 bits per heavy atom. The van der Waals surface area contributed by atoms with Gasteiger partial charge in [-0.2, -0.15) is 0 Å². The van der Waals surface area contributed by atoms with Crippen LogP contribution in [0.25, 0.3) is 10.1 Å². The fourth-order valence-electron chi connectivity index (χ4n) is 2.09. The van der Waals surface area contributed by atoms with Gasteiger partial charge in [0.15, 0.2) is 0 Å². The van der Waals surface area contributed by atoms with Gasteiger partial charge in [-0.1, -0.05) is 29.8 Å². The molecule has 20 heavy (non-hydrogen) atoms. The smallest absolute Gasteiger partial charge is 0.141 e. The maximum atomic E-state index is 13.2. The van der Waals surface area contributed by atoms with E-state index in [-0.39, 0.29) is 10.4 Å². The van der Waals surface area contributed by atoms with Gasteiger partial charge in [0.2, 0.25) is 0 Å². The molecule has 0 saturated heterocycles. The molecule has 1 aromatic heterocycles. The second-order valence-corrected chi connectivity index (χ2v) is 6.92. The van der Waals surface area contributed by atoms with E-state index in [1.165, 1.54) is 6.07 Å². The number of alkyl halides is 1. The molecule has 0 bridgehead atoms. The molecular weight excluding hydrogens is 382 g/mol. The highest BCUT2D eigenvalue weighted by atomic mass is 79.9. The van der Waals surface area contributed by atoms with E-state index in [4.69, 9.17) is 23.2 Å². The lowest BCUT2D eigenvalue weighted by Gasteiger charge is -2.10. The van der Waals surface area contributed by atoms with Gasteiger partial charge in [0.25, 0.3) is 0 Å². The fourth-order valence-corrected chi connectivity index (χ4v) is 4.32. The van der Waals surface area contributed by atoms with Crippen LogP contribution in [0.5, 0.6) is 0 Å². The van der Waals surface area contributed by atoms with Crippen molar-refractivity contribution in [1.82, 2.24) is 0 Å². The molecule has 0 nitrogen and oxygen atoms in total. The van der Waals surface area contributed by atoms with E-state index in [2.05, 4.69) is 15.9 Å². The van der Waals surface area contributed by atoms with E-state index in [1.807, 2.05) is 23.6 Å². The van der Waals surface area contributed by atoms with Crippen LogP contribution in [-0.2, 0) is 0 Å². The average molecular weight is 390 g/mol. The lowest BCUT2D eigenvalue weighted by atomic mass is 10.0. The van der Waals surface area contributed by atoms with Crippen molar-refractivity contribution in [1.29, 1.82) is 0 Å². The van der Waals surface area contributed by atoms with E-state index < -0.39 is 5.82 Å². The van der Waals surface area contributed by atoms with Crippen LogP contribution in [0.2, 0.25) is 5.02 Å². The Labute approximate surface area is 138 Å². The molecule has 102 valence electrons. The van der Waals surface area contributed by atoms with Crippen LogP contribution in [0.4, 0.5) is 4.39 Å². The number of benzene rings is 2. The molecule has 1 atom stereocenters. The summed E-state index contributed by atoms with van der Waals surface area (Å²) < 4.78 is 15.4. The third kappa shape index (κ3) is 2.48. The van der Waals surface area contributed by atoms with Gasteiger partial charge in [0.1, 0.15) is 5.82 Å². The van der Waals surface area contributed by atoms with E-state index in [9.17, 15) is 4.39 Å². The van der Waals surface area contributed by atoms with Gasteiger partial charge >= 0.3 is 0 Å². The molecule has 0 saturated carbocycles. The van der Waals surface area contributed by atoms with Gasteiger partial charge in [0, 0.05) is 9.17 Å². The molecule has 0 amide bonds. The van der Waals surface area contributed by atoms with Gasteiger partial charge in [-0.3, -0.25) is 0 Å². The predicted molar refractivity (Wildman–Crippen MR) is 88.6 cm³/mol. The van der Waals surface area contributed by atoms with Gasteiger partial charge in [-0.25, -0.2) is 4.39 Å². The van der Waals surface area contributed by atoms with Crippen LogP contribution in [0.3, 0.4) is 0 Å². The first-order valence-corrected chi connectivity index (χ1v) is 8.31. The summed E-state index contributed by atoms with van der Waals surface area (Å²) in [6.07, 6.45) is 0. The molecule has 1 unspecified atom stereocenters. The monoisotopic (exact) mass is 388 g/mol. The maximum Gasteiger partial charge on any atom is 0.141 e. The molecule has 0 aliphatic heterocycles. The standard InChI is InChI=1S/C15H8BrCl2FS/c16-11-3-1-2-9-10(7-20-15(9)11)14(18)8-4-5-13(19)12(17)6-8/h1-7,14H. The maximum absolute atomic E-state index is 13.2. The van der Waals surface area contributed by atoms with Crippen molar-refractivity contribution < 1.29 is 4.39 Å². The van der Waals surface area contributed by atoms with Crippen molar-refractivity contribution in [3.05, 3.63) is 68.2 Å². The third-order valence-corrected chi connectivity index (χ3v) is 5.84. The second-order valence-electron chi connectivity index (χ2n) is 4.34. The van der Waals surface area contributed by atoms with Crippen molar-refractivity contribution in [2.24, 2.45) is 0 Å². The molecule has 0 radical (unpaired) electrons. The van der Waals surface area contributed by atoms with Crippen LogP contribution in [0.1, 0.15) is 16.5 Å². The minimum Gasteiger partial charge on any atom is -0.205 e. The van der Waals surface area contributed by atoms with Crippen LogP contribution < -0.4 is 0 Å². The molecule has 0 fully saturated rings. The van der Waals surface area contributed by atoms with Crippen LogP contribution in [0, 0.1) is 5.82 Å². The quantitative estimate of drug-likeness (QED) is 0.423. The Kier molecular flexibility index (Phi) is 4.04. The number of hydrogen-bond donors (Lipinski definition) is 0. The summed E-state index contributed by atoms with van der Waals surface area (Å²) >= 11 is 17.5. The Morgan fingerprint density at radius 3 is 2.75 bits per heavy atom. The number of rotatable bonds is 2. The van der Waals surface area contributed by atoms with E-state index >= 15 is 0 Å². The zero-order chi connectivity index (χ0) is 14.3. The SMILES string of the molecule is Fc1ccc(C(Cl)c2csc3c(Br)cccc23)cc1Cl. The topological polar surface area (TPSA) is 0 Å². The van der Waals surface area contributed by atoms with Crippen LogP contribution >= 0.6 is 50.5 Å². The molecule has 0 spiro atoms.